The Balaban J connectivity index is 1.23. The van der Waals surface area contributed by atoms with E-state index < -0.39 is 5.79 Å². The first-order chi connectivity index (χ1) is 21.2. The maximum atomic E-state index is 10.2. The van der Waals surface area contributed by atoms with Gasteiger partial charge >= 0.3 is 0 Å². The third kappa shape index (κ3) is 5.97. The fraction of sp³-hybridized carbons (Fsp3) is 0.235. The number of ether oxygens (including phenoxy) is 3. The number of fused-ring (bicyclic) bond motifs is 1. The monoisotopic (exact) mass is 603 g/mol. The second kappa shape index (κ2) is 12.0. The van der Waals surface area contributed by atoms with Crippen molar-refractivity contribution in [1.29, 1.82) is 10.5 Å². The van der Waals surface area contributed by atoms with Crippen molar-refractivity contribution in [3.05, 3.63) is 89.3 Å². The molecule has 1 aliphatic rings. The lowest BCUT2D eigenvalue weighted by atomic mass is 9.97. The van der Waals surface area contributed by atoms with Crippen LogP contribution in [0, 0.1) is 29.6 Å². The van der Waals surface area contributed by atoms with Gasteiger partial charge < -0.3 is 24.4 Å². The Morgan fingerprint density at radius 3 is 2.41 bits per heavy atom. The van der Waals surface area contributed by atoms with Crippen molar-refractivity contribution in [3.63, 3.8) is 0 Å². The molecule has 44 heavy (non-hydrogen) atoms. The van der Waals surface area contributed by atoms with Crippen molar-refractivity contribution >= 4 is 28.4 Å². The van der Waals surface area contributed by atoms with Gasteiger partial charge in [-0.05, 0) is 61.4 Å². The molecule has 2 N–H and O–H groups in total. The smallest absolute Gasteiger partial charge is 0.226 e. The SMILES string of the molecule is Cc1oc(-c2ccc3ccccc3c2)nc1CSc1nc(N)c(C#N)c(-c2ccc(OC[C@@H]3COC(C)(C)O3)cc2)c1C#N. The molecule has 0 radical (unpaired) electrons. The van der Waals surface area contributed by atoms with E-state index in [1.54, 1.807) is 24.3 Å². The molecule has 3 aromatic carbocycles. The topological polar surface area (TPSA) is 140 Å². The van der Waals surface area contributed by atoms with Gasteiger partial charge in [-0.2, -0.15) is 10.5 Å². The summed E-state index contributed by atoms with van der Waals surface area (Å²) in [7, 11) is 0. The molecule has 1 aliphatic heterocycles. The van der Waals surface area contributed by atoms with Gasteiger partial charge in [-0.25, -0.2) is 9.97 Å². The molecule has 0 unspecified atom stereocenters. The summed E-state index contributed by atoms with van der Waals surface area (Å²) in [5.74, 6) is 1.65. The number of rotatable bonds is 8. The number of anilines is 1. The number of nitrogens with zero attached hydrogens (tertiary/aromatic N) is 4. The molecule has 0 bridgehead atoms. The standard InChI is InChI=1S/C34H29N5O4S/c1-20-29(38-32(42-20)24-9-8-21-6-4-5-7-23(21)14-24)19-44-33-28(16-36)30(27(15-35)31(37)39-33)22-10-12-25(13-11-22)40-17-26-18-41-34(2,3)43-26/h4-14,26H,17-19H2,1-3H3,(H2,37,39)/t26-/m1/s1. The molecule has 0 spiro atoms. The Kier molecular flexibility index (Phi) is 7.98. The molecular weight excluding hydrogens is 574 g/mol. The summed E-state index contributed by atoms with van der Waals surface area (Å²) in [6, 6.07) is 25.7. The zero-order valence-electron chi connectivity index (χ0n) is 24.5. The predicted molar refractivity (Wildman–Crippen MR) is 168 cm³/mol. The van der Waals surface area contributed by atoms with E-state index in [9.17, 15) is 10.5 Å². The number of nitriles is 2. The molecule has 0 amide bonds. The van der Waals surface area contributed by atoms with Crippen LogP contribution in [0.2, 0.25) is 0 Å². The Hall–Kier alpha value is -4.87. The minimum Gasteiger partial charge on any atom is -0.491 e. The summed E-state index contributed by atoms with van der Waals surface area (Å²) < 4.78 is 23.3. The molecule has 3 heterocycles. The highest BCUT2D eigenvalue weighted by molar-refractivity contribution is 7.98. The lowest BCUT2D eigenvalue weighted by Crippen LogP contribution is -2.25. The highest BCUT2D eigenvalue weighted by Gasteiger charge is 2.33. The lowest BCUT2D eigenvalue weighted by Gasteiger charge is -2.17. The predicted octanol–water partition coefficient (Wildman–Crippen LogP) is 7.01. The van der Waals surface area contributed by atoms with Crippen LogP contribution in [0.25, 0.3) is 33.4 Å². The molecule has 1 fully saturated rings. The molecule has 9 nitrogen and oxygen atoms in total. The van der Waals surface area contributed by atoms with Crippen LogP contribution in [0.1, 0.15) is 36.4 Å². The number of pyridine rings is 1. The van der Waals surface area contributed by atoms with Crippen LogP contribution in [-0.2, 0) is 15.2 Å². The third-order valence-electron chi connectivity index (χ3n) is 7.30. The maximum Gasteiger partial charge on any atom is 0.226 e. The summed E-state index contributed by atoms with van der Waals surface area (Å²) in [6.07, 6.45) is -0.170. The number of hydrogen-bond donors (Lipinski definition) is 1. The van der Waals surface area contributed by atoms with Crippen LogP contribution in [0.5, 0.6) is 5.75 Å². The van der Waals surface area contributed by atoms with E-state index in [2.05, 4.69) is 35.3 Å². The molecule has 0 saturated carbocycles. The molecule has 2 aromatic heterocycles. The number of nitrogens with two attached hydrogens (primary N) is 1. The summed E-state index contributed by atoms with van der Waals surface area (Å²) in [6.45, 7) is 6.39. The number of hydrogen-bond acceptors (Lipinski definition) is 10. The first-order valence-electron chi connectivity index (χ1n) is 14.0. The summed E-state index contributed by atoms with van der Waals surface area (Å²) in [5, 5.41) is 22.8. The minimum atomic E-state index is -0.623. The molecule has 6 rings (SSSR count). The van der Waals surface area contributed by atoms with Crippen LogP contribution in [0.3, 0.4) is 0 Å². The van der Waals surface area contributed by atoms with Crippen molar-refractivity contribution in [2.24, 2.45) is 0 Å². The van der Waals surface area contributed by atoms with Crippen LogP contribution in [0.4, 0.5) is 5.82 Å². The molecule has 10 heteroatoms. The van der Waals surface area contributed by atoms with Gasteiger partial charge in [0, 0.05) is 16.9 Å². The van der Waals surface area contributed by atoms with Crippen molar-refractivity contribution in [2.45, 2.75) is 43.4 Å². The second-order valence-electron chi connectivity index (χ2n) is 10.8. The molecule has 220 valence electrons. The van der Waals surface area contributed by atoms with Gasteiger partial charge in [0.25, 0.3) is 0 Å². The van der Waals surface area contributed by atoms with Crippen molar-refractivity contribution in [1.82, 2.24) is 9.97 Å². The average Bonchev–Trinajstić information content (AvgIpc) is 3.58. The van der Waals surface area contributed by atoms with Gasteiger partial charge in [0.2, 0.25) is 5.89 Å². The fourth-order valence-corrected chi connectivity index (χ4v) is 6.08. The number of oxazole rings is 1. The number of aromatic nitrogens is 2. The third-order valence-corrected chi connectivity index (χ3v) is 8.28. The number of nitrogen functional groups attached to an aromatic ring is 1. The van der Waals surface area contributed by atoms with E-state index in [1.807, 2.05) is 45.0 Å². The highest BCUT2D eigenvalue weighted by Crippen LogP contribution is 2.38. The van der Waals surface area contributed by atoms with Gasteiger partial charge in [-0.3, -0.25) is 0 Å². The molecule has 5 aromatic rings. The Morgan fingerprint density at radius 2 is 1.70 bits per heavy atom. The van der Waals surface area contributed by atoms with Crippen LogP contribution < -0.4 is 10.5 Å². The van der Waals surface area contributed by atoms with Crippen molar-refractivity contribution in [3.8, 4) is 40.5 Å². The molecule has 1 atom stereocenters. The number of benzene rings is 3. The zero-order chi connectivity index (χ0) is 30.8. The molecule has 0 aliphatic carbocycles. The normalized spacial score (nSPS) is 15.6. The van der Waals surface area contributed by atoms with E-state index in [0.717, 1.165) is 22.0 Å². The van der Waals surface area contributed by atoms with Crippen molar-refractivity contribution in [2.75, 3.05) is 18.9 Å². The Labute approximate surface area is 259 Å². The van der Waals surface area contributed by atoms with Crippen LogP contribution >= 0.6 is 11.8 Å². The Morgan fingerprint density at radius 1 is 0.977 bits per heavy atom. The van der Waals surface area contributed by atoms with Crippen LogP contribution in [-0.4, -0.2) is 35.1 Å². The first kappa shape index (κ1) is 29.2. The van der Waals surface area contributed by atoms with Gasteiger partial charge in [-0.1, -0.05) is 54.2 Å². The van der Waals surface area contributed by atoms with Crippen molar-refractivity contribution < 1.29 is 18.6 Å². The van der Waals surface area contributed by atoms with Gasteiger partial charge in [0.1, 0.15) is 52.8 Å². The van der Waals surface area contributed by atoms with E-state index in [4.69, 9.17) is 29.3 Å². The first-order valence-corrected chi connectivity index (χ1v) is 15.0. The fourth-order valence-electron chi connectivity index (χ4n) is 5.09. The average molecular weight is 604 g/mol. The molecular formula is C34H29N5O4S. The molecule has 1 saturated heterocycles. The minimum absolute atomic E-state index is 0.0547. The highest BCUT2D eigenvalue weighted by atomic mass is 32.2. The summed E-state index contributed by atoms with van der Waals surface area (Å²) in [4.78, 5) is 9.18. The second-order valence-corrected chi connectivity index (χ2v) is 11.8. The number of aryl methyl sites for hydroxylation is 1. The van der Waals surface area contributed by atoms with Gasteiger partial charge in [-0.15, -0.1) is 0 Å². The van der Waals surface area contributed by atoms with Gasteiger partial charge in [0.05, 0.1) is 17.9 Å². The maximum absolute atomic E-state index is 10.2. The van der Waals surface area contributed by atoms with E-state index >= 15 is 0 Å². The van der Waals surface area contributed by atoms with E-state index in [1.165, 1.54) is 11.8 Å². The van der Waals surface area contributed by atoms with E-state index in [-0.39, 0.29) is 23.0 Å². The largest absolute Gasteiger partial charge is 0.491 e. The van der Waals surface area contributed by atoms with Crippen LogP contribution in [0.15, 0.2) is 76.2 Å². The number of thioether (sulfide) groups is 1. The van der Waals surface area contributed by atoms with Gasteiger partial charge in [0.15, 0.2) is 5.79 Å². The Bertz CT molecular complexity index is 1940. The summed E-state index contributed by atoms with van der Waals surface area (Å²) >= 11 is 1.32. The lowest BCUT2D eigenvalue weighted by molar-refractivity contribution is -0.141. The quantitative estimate of drug-likeness (QED) is 0.184. The van der Waals surface area contributed by atoms with E-state index in [0.29, 0.717) is 52.5 Å². The summed E-state index contributed by atoms with van der Waals surface area (Å²) in [5.41, 5.74) is 9.35. The zero-order valence-corrected chi connectivity index (χ0v) is 25.3.